The molecule has 0 heterocycles. The number of rotatable bonds is 6. The van der Waals surface area contributed by atoms with Crippen molar-refractivity contribution in [1.29, 1.82) is 0 Å². The van der Waals surface area contributed by atoms with Gasteiger partial charge < -0.3 is 15.4 Å². The molecule has 5 nitrogen and oxygen atoms in total. The predicted molar refractivity (Wildman–Crippen MR) is 70.3 cm³/mol. The number of amides is 2. The minimum Gasteiger partial charge on any atom is -0.444 e. The fourth-order valence-electron chi connectivity index (χ4n) is 0.975. The minimum atomic E-state index is -0.512. The second-order valence-corrected chi connectivity index (χ2v) is 5.36. The molecular formula is C11H21BrN2O3. The molecule has 2 N–H and O–H groups in total. The average molecular weight is 309 g/mol. The molecule has 100 valence electrons. The number of ether oxygens (including phenoxy) is 1. The SMILES string of the molecule is CC(C)(C)OC(=O)NCCC(=O)NCCCBr. The standard InChI is InChI=1S/C11H21BrN2O3/c1-11(2,3)17-10(16)14-8-5-9(15)13-7-4-6-12/h4-8H2,1-3H3,(H,13,15)(H,14,16). The molecule has 0 saturated heterocycles. The maximum absolute atomic E-state index is 11.3. The Hall–Kier alpha value is -0.780. The number of halogens is 1. The first kappa shape index (κ1) is 16.2. The molecule has 0 radical (unpaired) electrons. The Bertz CT molecular complexity index is 252. The summed E-state index contributed by atoms with van der Waals surface area (Å²) >= 11 is 3.27. The van der Waals surface area contributed by atoms with E-state index in [1.807, 2.05) is 0 Å². The predicted octanol–water partition coefficient (Wildman–Crippen LogP) is 1.80. The third kappa shape index (κ3) is 11.5. The molecule has 0 unspecified atom stereocenters. The van der Waals surface area contributed by atoms with Crippen molar-refractivity contribution in [3.8, 4) is 0 Å². The molecule has 0 spiro atoms. The van der Waals surface area contributed by atoms with E-state index in [2.05, 4.69) is 26.6 Å². The van der Waals surface area contributed by atoms with Crippen LogP contribution in [0.15, 0.2) is 0 Å². The van der Waals surface area contributed by atoms with E-state index in [0.29, 0.717) is 6.54 Å². The van der Waals surface area contributed by atoms with Crippen molar-refractivity contribution in [1.82, 2.24) is 10.6 Å². The maximum Gasteiger partial charge on any atom is 0.407 e. The minimum absolute atomic E-state index is 0.0676. The van der Waals surface area contributed by atoms with E-state index < -0.39 is 11.7 Å². The zero-order chi connectivity index (χ0) is 13.3. The number of hydrogen-bond donors (Lipinski definition) is 2. The van der Waals surface area contributed by atoms with E-state index in [4.69, 9.17) is 4.74 Å². The number of alkyl carbamates (subject to hydrolysis) is 1. The van der Waals surface area contributed by atoms with Gasteiger partial charge in [0, 0.05) is 24.8 Å². The van der Waals surface area contributed by atoms with E-state index in [-0.39, 0.29) is 18.9 Å². The molecule has 0 aromatic carbocycles. The molecule has 2 amide bonds. The quantitative estimate of drug-likeness (QED) is 0.581. The first-order valence-corrected chi connectivity index (χ1v) is 6.77. The summed E-state index contributed by atoms with van der Waals surface area (Å²) in [6.45, 7) is 6.31. The van der Waals surface area contributed by atoms with E-state index in [9.17, 15) is 9.59 Å². The highest BCUT2D eigenvalue weighted by atomic mass is 79.9. The van der Waals surface area contributed by atoms with Crippen molar-refractivity contribution >= 4 is 27.9 Å². The van der Waals surface area contributed by atoms with Crippen LogP contribution in [0.4, 0.5) is 4.79 Å². The van der Waals surface area contributed by atoms with Crippen molar-refractivity contribution < 1.29 is 14.3 Å². The van der Waals surface area contributed by atoms with Gasteiger partial charge >= 0.3 is 6.09 Å². The molecule has 0 aliphatic rings. The summed E-state index contributed by atoms with van der Waals surface area (Å²) in [7, 11) is 0. The van der Waals surface area contributed by atoms with Crippen molar-refractivity contribution in [2.45, 2.75) is 39.2 Å². The molecule has 0 rings (SSSR count). The molecule has 0 fully saturated rings. The largest absolute Gasteiger partial charge is 0.444 e. The van der Waals surface area contributed by atoms with E-state index in [0.717, 1.165) is 11.8 Å². The summed E-state index contributed by atoms with van der Waals surface area (Å²) in [6, 6.07) is 0. The summed E-state index contributed by atoms with van der Waals surface area (Å²) in [5.41, 5.74) is -0.512. The Kier molecular flexibility index (Phi) is 7.95. The molecule has 0 aromatic heterocycles. The number of alkyl halides is 1. The van der Waals surface area contributed by atoms with E-state index >= 15 is 0 Å². The smallest absolute Gasteiger partial charge is 0.407 e. The van der Waals surface area contributed by atoms with Gasteiger partial charge in [-0.2, -0.15) is 0 Å². The Balaban J connectivity index is 3.56. The van der Waals surface area contributed by atoms with Gasteiger partial charge in [0.15, 0.2) is 0 Å². The highest BCUT2D eigenvalue weighted by Gasteiger charge is 2.15. The van der Waals surface area contributed by atoms with Gasteiger partial charge in [-0.3, -0.25) is 4.79 Å². The summed E-state index contributed by atoms with van der Waals surface area (Å²) in [6.07, 6.45) is 0.665. The van der Waals surface area contributed by atoms with Crippen LogP contribution in [-0.4, -0.2) is 36.0 Å². The van der Waals surface area contributed by atoms with Crippen LogP contribution in [-0.2, 0) is 9.53 Å². The van der Waals surface area contributed by atoms with Crippen molar-refractivity contribution in [3.63, 3.8) is 0 Å². The number of carbonyl (C=O) groups excluding carboxylic acids is 2. The summed E-state index contributed by atoms with van der Waals surface area (Å²) in [5, 5.41) is 6.14. The average Bonchev–Trinajstić information content (AvgIpc) is 2.15. The third-order valence-corrected chi connectivity index (χ3v) is 2.21. The van der Waals surface area contributed by atoms with Crippen molar-refractivity contribution in [3.05, 3.63) is 0 Å². The van der Waals surface area contributed by atoms with Crippen LogP contribution in [0.3, 0.4) is 0 Å². The molecule has 0 bridgehead atoms. The fourth-order valence-corrected chi connectivity index (χ4v) is 1.26. The maximum atomic E-state index is 11.3. The zero-order valence-corrected chi connectivity index (χ0v) is 12.2. The van der Waals surface area contributed by atoms with Gasteiger partial charge in [0.05, 0.1) is 0 Å². The number of carbonyl (C=O) groups is 2. The molecule has 0 aromatic rings. The van der Waals surface area contributed by atoms with Crippen molar-refractivity contribution in [2.75, 3.05) is 18.4 Å². The lowest BCUT2D eigenvalue weighted by molar-refractivity contribution is -0.120. The molecule has 0 saturated carbocycles. The van der Waals surface area contributed by atoms with Gasteiger partial charge in [0.25, 0.3) is 0 Å². The van der Waals surface area contributed by atoms with Gasteiger partial charge in [-0.15, -0.1) is 0 Å². The van der Waals surface area contributed by atoms with Crippen LogP contribution in [0, 0.1) is 0 Å². The fraction of sp³-hybridized carbons (Fsp3) is 0.818. The van der Waals surface area contributed by atoms with Crippen LogP contribution in [0.25, 0.3) is 0 Å². The van der Waals surface area contributed by atoms with Crippen LogP contribution in [0.5, 0.6) is 0 Å². The summed E-state index contributed by atoms with van der Waals surface area (Å²) in [5.74, 6) is -0.0676. The van der Waals surface area contributed by atoms with Gasteiger partial charge in [0.1, 0.15) is 5.60 Å². The summed E-state index contributed by atoms with van der Waals surface area (Å²) < 4.78 is 5.03. The molecule has 0 atom stereocenters. The Labute approximate surface area is 111 Å². The Morgan fingerprint density at radius 2 is 1.82 bits per heavy atom. The Morgan fingerprint density at radius 3 is 2.35 bits per heavy atom. The second-order valence-electron chi connectivity index (χ2n) is 4.57. The third-order valence-electron chi connectivity index (χ3n) is 1.65. The molecule has 0 aliphatic carbocycles. The number of nitrogens with one attached hydrogen (secondary N) is 2. The first-order valence-electron chi connectivity index (χ1n) is 5.64. The van der Waals surface area contributed by atoms with Crippen LogP contribution < -0.4 is 10.6 Å². The zero-order valence-electron chi connectivity index (χ0n) is 10.6. The normalized spacial score (nSPS) is 10.8. The highest BCUT2D eigenvalue weighted by Crippen LogP contribution is 2.06. The van der Waals surface area contributed by atoms with Crippen LogP contribution in [0.1, 0.15) is 33.6 Å². The summed E-state index contributed by atoms with van der Waals surface area (Å²) in [4.78, 5) is 22.5. The van der Waals surface area contributed by atoms with Crippen LogP contribution >= 0.6 is 15.9 Å². The van der Waals surface area contributed by atoms with Crippen LogP contribution in [0.2, 0.25) is 0 Å². The Morgan fingerprint density at radius 1 is 1.18 bits per heavy atom. The van der Waals surface area contributed by atoms with Gasteiger partial charge in [-0.25, -0.2) is 4.79 Å². The lowest BCUT2D eigenvalue weighted by Gasteiger charge is -2.19. The first-order chi connectivity index (χ1) is 7.85. The second kappa shape index (κ2) is 8.33. The lowest BCUT2D eigenvalue weighted by atomic mass is 10.2. The van der Waals surface area contributed by atoms with E-state index in [1.54, 1.807) is 20.8 Å². The van der Waals surface area contributed by atoms with Gasteiger partial charge in [-0.05, 0) is 27.2 Å². The molecule has 17 heavy (non-hydrogen) atoms. The van der Waals surface area contributed by atoms with Gasteiger partial charge in [-0.1, -0.05) is 15.9 Å². The molecule has 6 heteroatoms. The van der Waals surface area contributed by atoms with Crippen molar-refractivity contribution in [2.24, 2.45) is 0 Å². The highest BCUT2D eigenvalue weighted by molar-refractivity contribution is 9.09. The molecular weight excluding hydrogens is 288 g/mol. The lowest BCUT2D eigenvalue weighted by Crippen LogP contribution is -2.35. The topological polar surface area (TPSA) is 67.4 Å². The van der Waals surface area contributed by atoms with Gasteiger partial charge in [0.2, 0.25) is 5.91 Å². The number of hydrogen-bond acceptors (Lipinski definition) is 3. The monoisotopic (exact) mass is 308 g/mol. The van der Waals surface area contributed by atoms with E-state index in [1.165, 1.54) is 0 Å². The molecule has 0 aliphatic heterocycles.